The molecule has 0 unspecified atom stereocenters. The zero-order chi connectivity index (χ0) is 15.0. The van der Waals surface area contributed by atoms with Gasteiger partial charge in [0.25, 0.3) is 0 Å². The Balaban J connectivity index is 2.27. The van der Waals surface area contributed by atoms with E-state index in [0.717, 1.165) is 34.1 Å². The van der Waals surface area contributed by atoms with E-state index in [4.69, 9.17) is 18.0 Å². The van der Waals surface area contributed by atoms with E-state index >= 15 is 0 Å². The Morgan fingerprint density at radius 3 is 2.67 bits per heavy atom. The fourth-order valence-electron chi connectivity index (χ4n) is 2.24. The van der Waals surface area contributed by atoms with Gasteiger partial charge in [0.2, 0.25) is 0 Å². The van der Waals surface area contributed by atoms with E-state index in [1.54, 1.807) is 6.20 Å². The molecule has 2 aromatic heterocycles. The van der Waals surface area contributed by atoms with E-state index in [9.17, 15) is 0 Å². The highest BCUT2D eigenvalue weighted by atomic mass is 32.1. The van der Waals surface area contributed by atoms with Crippen molar-refractivity contribution in [2.24, 2.45) is 5.73 Å². The lowest BCUT2D eigenvalue weighted by Gasteiger charge is -2.09. The Morgan fingerprint density at radius 2 is 1.95 bits per heavy atom. The molecule has 0 saturated heterocycles. The molecule has 0 spiro atoms. The summed E-state index contributed by atoms with van der Waals surface area (Å²) in [5, 5.41) is 0. The lowest BCUT2D eigenvalue weighted by molar-refractivity contribution is 0.896. The summed E-state index contributed by atoms with van der Waals surface area (Å²) < 4.78 is 1.97. The van der Waals surface area contributed by atoms with Gasteiger partial charge in [-0.05, 0) is 26.0 Å². The van der Waals surface area contributed by atoms with E-state index in [-0.39, 0.29) is 0 Å². The number of thiocarbonyl (C=S) groups is 1. The molecule has 3 aromatic rings. The highest BCUT2D eigenvalue weighted by molar-refractivity contribution is 7.80. The summed E-state index contributed by atoms with van der Waals surface area (Å²) in [5.41, 5.74) is 9.37. The third kappa shape index (κ3) is 2.50. The molecule has 0 bridgehead atoms. The van der Waals surface area contributed by atoms with Crippen LogP contribution in [-0.2, 0) is 6.42 Å². The van der Waals surface area contributed by atoms with Gasteiger partial charge in [0.05, 0.1) is 40.0 Å². The van der Waals surface area contributed by atoms with Crippen LogP contribution in [0.1, 0.15) is 17.2 Å². The zero-order valence-electron chi connectivity index (χ0n) is 11.9. The second-order valence-corrected chi connectivity index (χ2v) is 5.42. The molecule has 2 heterocycles. The Kier molecular flexibility index (Phi) is 3.39. The Labute approximate surface area is 127 Å². The molecule has 0 saturated carbocycles. The van der Waals surface area contributed by atoms with Crippen molar-refractivity contribution in [1.82, 2.24) is 19.5 Å². The summed E-state index contributed by atoms with van der Waals surface area (Å²) in [6.45, 7) is 3.88. The van der Waals surface area contributed by atoms with Gasteiger partial charge in [-0.25, -0.2) is 9.97 Å². The van der Waals surface area contributed by atoms with Gasteiger partial charge < -0.3 is 5.73 Å². The topological polar surface area (TPSA) is 69.6 Å². The molecule has 1 aromatic carbocycles. The number of imidazole rings is 1. The molecule has 106 valence electrons. The molecule has 21 heavy (non-hydrogen) atoms. The Morgan fingerprint density at radius 1 is 1.19 bits per heavy atom. The van der Waals surface area contributed by atoms with Gasteiger partial charge in [-0.15, -0.1) is 0 Å². The molecular weight excluding hydrogens is 282 g/mol. The van der Waals surface area contributed by atoms with E-state index < -0.39 is 0 Å². The summed E-state index contributed by atoms with van der Waals surface area (Å²) >= 11 is 5.03. The monoisotopic (exact) mass is 297 g/mol. The second kappa shape index (κ2) is 5.21. The van der Waals surface area contributed by atoms with E-state index in [1.165, 1.54) is 0 Å². The van der Waals surface area contributed by atoms with Crippen LogP contribution in [0.5, 0.6) is 0 Å². The molecule has 0 aliphatic carbocycles. The minimum atomic E-state index is 0.406. The molecule has 0 aliphatic heterocycles. The van der Waals surface area contributed by atoms with Crippen molar-refractivity contribution in [3.63, 3.8) is 0 Å². The van der Waals surface area contributed by atoms with Gasteiger partial charge in [-0.3, -0.25) is 9.55 Å². The highest BCUT2D eigenvalue weighted by Crippen LogP contribution is 2.21. The van der Waals surface area contributed by atoms with Crippen molar-refractivity contribution in [3.8, 4) is 5.82 Å². The third-order valence-electron chi connectivity index (χ3n) is 3.37. The summed E-state index contributed by atoms with van der Waals surface area (Å²) in [4.78, 5) is 14.0. The largest absolute Gasteiger partial charge is 0.393 e. The van der Waals surface area contributed by atoms with Crippen molar-refractivity contribution in [1.29, 1.82) is 0 Å². The molecule has 0 fully saturated rings. The molecule has 6 heteroatoms. The first-order valence-corrected chi connectivity index (χ1v) is 7.02. The number of aryl methyl sites for hydroxylation is 2. The highest BCUT2D eigenvalue weighted by Gasteiger charge is 2.14. The SMILES string of the molecule is Cc1ncc(-n2c(CC(N)=S)nc3ccccc32)nc1C. The van der Waals surface area contributed by atoms with Gasteiger partial charge in [0.15, 0.2) is 5.82 Å². The van der Waals surface area contributed by atoms with Crippen LogP contribution in [0.25, 0.3) is 16.9 Å². The molecule has 0 atom stereocenters. The predicted octanol–water partition coefficient (Wildman–Crippen LogP) is 2.26. The molecule has 0 aliphatic rings. The van der Waals surface area contributed by atoms with Crippen LogP contribution in [0.4, 0.5) is 0 Å². The van der Waals surface area contributed by atoms with Crippen molar-refractivity contribution >= 4 is 28.2 Å². The number of benzene rings is 1. The number of para-hydroxylation sites is 2. The quantitative estimate of drug-likeness (QED) is 0.751. The van der Waals surface area contributed by atoms with Gasteiger partial charge >= 0.3 is 0 Å². The summed E-state index contributed by atoms with van der Waals surface area (Å²) in [5.74, 6) is 1.51. The normalized spacial score (nSPS) is 11.0. The van der Waals surface area contributed by atoms with Crippen LogP contribution in [0.3, 0.4) is 0 Å². The first-order valence-electron chi connectivity index (χ1n) is 6.61. The molecule has 0 radical (unpaired) electrons. The number of nitrogens with two attached hydrogens (primary N) is 1. The van der Waals surface area contributed by atoms with E-state index in [2.05, 4.69) is 15.0 Å². The van der Waals surface area contributed by atoms with Crippen molar-refractivity contribution in [3.05, 3.63) is 47.7 Å². The molecule has 0 amide bonds. The zero-order valence-corrected chi connectivity index (χ0v) is 12.7. The average molecular weight is 297 g/mol. The first kappa shape index (κ1) is 13.6. The van der Waals surface area contributed by atoms with Crippen LogP contribution < -0.4 is 5.73 Å². The van der Waals surface area contributed by atoms with Crippen LogP contribution in [-0.4, -0.2) is 24.5 Å². The number of rotatable bonds is 3. The van der Waals surface area contributed by atoms with Crippen LogP contribution in [0.15, 0.2) is 30.5 Å². The minimum absolute atomic E-state index is 0.406. The van der Waals surface area contributed by atoms with Crippen molar-refractivity contribution < 1.29 is 0 Å². The smallest absolute Gasteiger partial charge is 0.157 e. The standard InChI is InChI=1S/C15H15N5S/c1-9-10(2)18-15(8-17-9)20-12-6-4-3-5-11(12)19-14(20)7-13(16)21/h3-6,8H,7H2,1-2H3,(H2,16,21). The van der Waals surface area contributed by atoms with Crippen LogP contribution in [0.2, 0.25) is 0 Å². The summed E-state index contributed by atoms with van der Waals surface area (Å²) in [7, 11) is 0. The lowest BCUT2D eigenvalue weighted by atomic mass is 10.3. The maximum atomic E-state index is 5.69. The molecule has 3 rings (SSSR count). The average Bonchev–Trinajstić information content (AvgIpc) is 2.79. The van der Waals surface area contributed by atoms with Gasteiger partial charge in [0, 0.05) is 0 Å². The van der Waals surface area contributed by atoms with Gasteiger partial charge in [-0.2, -0.15) is 0 Å². The minimum Gasteiger partial charge on any atom is -0.393 e. The third-order valence-corrected chi connectivity index (χ3v) is 3.52. The molecule has 2 N–H and O–H groups in total. The predicted molar refractivity (Wildman–Crippen MR) is 86.6 cm³/mol. The number of nitrogens with zero attached hydrogens (tertiary/aromatic N) is 4. The first-order chi connectivity index (χ1) is 10.1. The fourth-order valence-corrected chi connectivity index (χ4v) is 2.37. The maximum Gasteiger partial charge on any atom is 0.157 e. The number of hydrogen-bond acceptors (Lipinski definition) is 4. The number of hydrogen-bond donors (Lipinski definition) is 1. The van der Waals surface area contributed by atoms with E-state index in [0.29, 0.717) is 11.4 Å². The maximum absolute atomic E-state index is 5.69. The number of fused-ring (bicyclic) bond motifs is 1. The summed E-state index contributed by atoms with van der Waals surface area (Å²) in [6, 6.07) is 7.89. The molecule has 5 nitrogen and oxygen atoms in total. The second-order valence-electron chi connectivity index (χ2n) is 4.89. The Bertz CT molecular complexity index is 837. The van der Waals surface area contributed by atoms with Crippen LogP contribution in [0, 0.1) is 13.8 Å². The van der Waals surface area contributed by atoms with Crippen molar-refractivity contribution in [2.45, 2.75) is 20.3 Å². The van der Waals surface area contributed by atoms with Crippen molar-refractivity contribution in [2.75, 3.05) is 0 Å². The summed E-state index contributed by atoms with van der Waals surface area (Å²) in [6.07, 6.45) is 2.18. The Hall–Kier alpha value is -2.34. The fraction of sp³-hybridized carbons (Fsp3) is 0.200. The lowest BCUT2D eigenvalue weighted by Crippen LogP contribution is -2.15. The number of aromatic nitrogens is 4. The van der Waals surface area contributed by atoms with Crippen LogP contribution >= 0.6 is 12.2 Å². The molecular formula is C15H15N5S. The van der Waals surface area contributed by atoms with Gasteiger partial charge in [-0.1, -0.05) is 24.4 Å². The van der Waals surface area contributed by atoms with E-state index in [1.807, 2.05) is 42.7 Å². The van der Waals surface area contributed by atoms with Gasteiger partial charge in [0.1, 0.15) is 5.82 Å².